The zero-order valence-electron chi connectivity index (χ0n) is 16.6. The minimum Gasteiger partial charge on any atom is -0.467 e. The number of hydrogen-bond donors (Lipinski definition) is 2. The Morgan fingerprint density at radius 3 is 2.61 bits per heavy atom. The summed E-state index contributed by atoms with van der Waals surface area (Å²) >= 11 is 0. The fraction of sp³-hybridized carbons (Fsp3) is 0.0417. The average Bonchev–Trinajstić information content (AvgIpc) is 3.49. The van der Waals surface area contributed by atoms with Crippen molar-refractivity contribution in [3.8, 4) is 5.69 Å². The maximum absolute atomic E-state index is 12.5. The second-order valence-electron chi connectivity index (χ2n) is 6.68. The third-order valence-electron chi connectivity index (χ3n) is 4.48. The number of carbonyl (C=O) groups is 2. The predicted molar refractivity (Wildman–Crippen MR) is 118 cm³/mol. The van der Waals surface area contributed by atoms with Gasteiger partial charge in [-0.2, -0.15) is 5.10 Å². The molecule has 0 saturated heterocycles. The van der Waals surface area contributed by atoms with Gasteiger partial charge in [-0.15, -0.1) is 0 Å². The molecule has 2 aromatic heterocycles. The molecule has 2 heterocycles. The molecule has 4 rings (SSSR count). The molecule has 0 spiro atoms. The first-order valence-electron chi connectivity index (χ1n) is 9.68. The maximum atomic E-state index is 12.5. The summed E-state index contributed by atoms with van der Waals surface area (Å²) in [7, 11) is 0. The van der Waals surface area contributed by atoms with E-state index >= 15 is 0 Å². The van der Waals surface area contributed by atoms with Gasteiger partial charge in [0.15, 0.2) is 0 Å². The monoisotopic (exact) mass is 412 g/mol. The van der Waals surface area contributed by atoms with E-state index < -0.39 is 0 Å². The number of aromatic nitrogens is 2. The first kappa shape index (κ1) is 19.9. The fourth-order valence-electron chi connectivity index (χ4n) is 2.96. The molecule has 0 fully saturated rings. The minimum atomic E-state index is -0.348. The number of rotatable bonds is 7. The van der Waals surface area contributed by atoms with Crippen molar-refractivity contribution >= 4 is 23.6 Å². The van der Waals surface area contributed by atoms with Crippen LogP contribution < -0.4 is 10.6 Å². The molecule has 0 aliphatic heterocycles. The van der Waals surface area contributed by atoms with E-state index in [2.05, 4.69) is 15.7 Å². The van der Waals surface area contributed by atoms with Crippen LogP contribution in [0.15, 0.2) is 95.9 Å². The molecule has 0 bridgehead atoms. The number of nitrogens with one attached hydrogen (secondary N) is 2. The van der Waals surface area contributed by atoms with Gasteiger partial charge in [-0.05, 0) is 42.5 Å². The van der Waals surface area contributed by atoms with Gasteiger partial charge in [0.05, 0.1) is 35.9 Å². The van der Waals surface area contributed by atoms with E-state index in [4.69, 9.17) is 4.42 Å². The Kier molecular flexibility index (Phi) is 6.04. The highest BCUT2D eigenvalue weighted by molar-refractivity contribution is 6.07. The van der Waals surface area contributed by atoms with Crippen LogP contribution in [0, 0.1) is 0 Å². The number of hydrogen-bond acceptors (Lipinski definition) is 4. The lowest BCUT2D eigenvalue weighted by atomic mass is 10.1. The van der Waals surface area contributed by atoms with Crippen molar-refractivity contribution in [2.75, 3.05) is 5.32 Å². The largest absolute Gasteiger partial charge is 0.467 e. The smallest absolute Gasteiger partial charge is 0.253 e. The Morgan fingerprint density at radius 1 is 1.00 bits per heavy atom. The Bertz CT molecular complexity index is 1190. The van der Waals surface area contributed by atoms with Gasteiger partial charge in [-0.3, -0.25) is 9.59 Å². The first-order valence-corrected chi connectivity index (χ1v) is 9.68. The predicted octanol–water partition coefficient (Wildman–Crippen LogP) is 4.05. The Balaban J connectivity index is 1.40. The molecule has 2 N–H and O–H groups in total. The summed E-state index contributed by atoms with van der Waals surface area (Å²) in [6.07, 6.45) is 8.12. The highest BCUT2D eigenvalue weighted by atomic mass is 16.3. The van der Waals surface area contributed by atoms with Crippen LogP contribution in [0.1, 0.15) is 21.7 Å². The van der Waals surface area contributed by atoms with Gasteiger partial charge in [0.25, 0.3) is 5.91 Å². The summed E-state index contributed by atoms with van der Waals surface area (Å²) in [5.74, 6) is -0.00647. The average molecular weight is 412 g/mol. The van der Waals surface area contributed by atoms with E-state index in [-0.39, 0.29) is 18.4 Å². The number of carbonyl (C=O) groups excluding carboxylic acids is 2. The number of furan rings is 1. The van der Waals surface area contributed by atoms with Crippen LogP contribution in [0.5, 0.6) is 0 Å². The Hall–Kier alpha value is -4.39. The van der Waals surface area contributed by atoms with Crippen LogP contribution in [-0.2, 0) is 11.3 Å². The molecule has 0 atom stereocenters. The van der Waals surface area contributed by atoms with Crippen LogP contribution in [0.25, 0.3) is 11.8 Å². The summed E-state index contributed by atoms with van der Waals surface area (Å²) in [6.45, 7) is 0.263. The third kappa shape index (κ3) is 5.16. The minimum absolute atomic E-state index is 0.263. The maximum Gasteiger partial charge on any atom is 0.253 e. The van der Waals surface area contributed by atoms with Gasteiger partial charge >= 0.3 is 0 Å². The molecule has 154 valence electrons. The molecular weight excluding hydrogens is 392 g/mol. The van der Waals surface area contributed by atoms with Gasteiger partial charge in [0.1, 0.15) is 5.76 Å². The van der Waals surface area contributed by atoms with Crippen LogP contribution in [0.3, 0.4) is 0 Å². The van der Waals surface area contributed by atoms with Crippen molar-refractivity contribution in [2.24, 2.45) is 0 Å². The first-order chi connectivity index (χ1) is 15.2. The molecule has 2 aromatic carbocycles. The van der Waals surface area contributed by atoms with E-state index in [0.717, 1.165) is 11.3 Å². The molecule has 0 unspecified atom stereocenters. The number of benzene rings is 2. The number of amides is 2. The van der Waals surface area contributed by atoms with Crippen molar-refractivity contribution in [2.45, 2.75) is 6.54 Å². The fourth-order valence-corrected chi connectivity index (χ4v) is 2.96. The van der Waals surface area contributed by atoms with Crippen LogP contribution in [0.4, 0.5) is 5.69 Å². The van der Waals surface area contributed by atoms with Crippen LogP contribution in [0.2, 0.25) is 0 Å². The molecular formula is C24H20N4O3. The van der Waals surface area contributed by atoms with E-state index in [9.17, 15) is 9.59 Å². The van der Waals surface area contributed by atoms with Gasteiger partial charge in [0.2, 0.25) is 5.91 Å². The van der Waals surface area contributed by atoms with Crippen molar-refractivity contribution in [3.05, 3.63) is 108 Å². The van der Waals surface area contributed by atoms with Crippen LogP contribution >= 0.6 is 0 Å². The van der Waals surface area contributed by atoms with E-state index in [0.29, 0.717) is 17.0 Å². The lowest BCUT2D eigenvalue weighted by Crippen LogP contribution is -2.24. The molecule has 0 radical (unpaired) electrons. The highest BCUT2D eigenvalue weighted by Gasteiger charge is 2.12. The highest BCUT2D eigenvalue weighted by Crippen LogP contribution is 2.16. The van der Waals surface area contributed by atoms with Crippen molar-refractivity contribution in [3.63, 3.8) is 0 Å². The molecule has 0 aliphatic rings. The molecule has 0 aliphatic carbocycles. The number of anilines is 1. The molecule has 2 amide bonds. The topological polar surface area (TPSA) is 89.2 Å². The van der Waals surface area contributed by atoms with E-state index in [1.54, 1.807) is 59.6 Å². The molecule has 7 heteroatoms. The third-order valence-corrected chi connectivity index (χ3v) is 4.48. The zero-order chi connectivity index (χ0) is 21.5. The van der Waals surface area contributed by atoms with Crippen molar-refractivity contribution in [1.29, 1.82) is 0 Å². The molecule has 7 nitrogen and oxygen atoms in total. The quantitative estimate of drug-likeness (QED) is 0.448. The molecule has 4 aromatic rings. The standard InChI is InChI=1S/C24H20N4O3/c29-23(13-12-18-15-26-28(17-18)19-7-2-1-3-8-19)27-22-11-5-4-10-21(22)24(30)25-16-20-9-6-14-31-20/h1-15,17H,16H2,(H,25,30)(H,27,29)/b13-12+. The van der Waals surface area contributed by atoms with Gasteiger partial charge in [-0.1, -0.05) is 30.3 Å². The van der Waals surface area contributed by atoms with Gasteiger partial charge in [-0.25, -0.2) is 4.68 Å². The summed E-state index contributed by atoms with van der Waals surface area (Å²) in [6, 6.07) is 20.1. The molecule has 31 heavy (non-hydrogen) atoms. The lowest BCUT2D eigenvalue weighted by molar-refractivity contribution is -0.111. The zero-order valence-corrected chi connectivity index (χ0v) is 16.6. The van der Waals surface area contributed by atoms with E-state index in [1.807, 2.05) is 36.5 Å². The number of para-hydroxylation sites is 2. The SMILES string of the molecule is O=C(/C=C/c1cnn(-c2ccccc2)c1)Nc1ccccc1C(=O)NCc1ccco1. The normalized spacial score (nSPS) is 10.8. The van der Waals surface area contributed by atoms with Gasteiger partial charge in [0, 0.05) is 17.8 Å². The molecule has 0 saturated carbocycles. The Labute approximate surface area is 179 Å². The van der Waals surface area contributed by atoms with Gasteiger partial charge < -0.3 is 15.1 Å². The lowest BCUT2D eigenvalue weighted by Gasteiger charge is -2.09. The second kappa shape index (κ2) is 9.41. The summed E-state index contributed by atoms with van der Waals surface area (Å²) < 4.78 is 6.95. The van der Waals surface area contributed by atoms with E-state index in [1.165, 1.54) is 6.08 Å². The summed E-state index contributed by atoms with van der Waals surface area (Å²) in [5, 5.41) is 9.83. The second-order valence-corrected chi connectivity index (χ2v) is 6.68. The number of nitrogens with zero attached hydrogens (tertiary/aromatic N) is 2. The Morgan fingerprint density at radius 2 is 1.81 bits per heavy atom. The van der Waals surface area contributed by atoms with Crippen LogP contribution in [-0.4, -0.2) is 21.6 Å². The summed E-state index contributed by atoms with van der Waals surface area (Å²) in [4.78, 5) is 24.9. The summed E-state index contributed by atoms with van der Waals surface area (Å²) in [5.41, 5.74) is 2.51. The van der Waals surface area contributed by atoms with Crippen molar-refractivity contribution < 1.29 is 14.0 Å². The van der Waals surface area contributed by atoms with Crippen molar-refractivity contribution in [1.82, 2.24) is 15.1 Å².